The SMILES string of the molecule is CC1(C)CCC2=C(C1)c1ccccc1/C(=N/[C@@H](Cc1ccc(-c3ccccc3)cc1)C(=O)O)C2=O. The number of aliphatic carboxylic acids is 1. The molecule has 0 aliphatic heterocycles. The van der Waals surface area contributed by atoms with E-state index >= 15 is 0 Å². The van der Waals surface area contributed by atoms with Crippen LogP contribution < -0.4 is 0 Å². The summed E-state index contributed by atoms with van der Waals surface area (Å²) in [6.07, 6.45) is 2.70. The molecule has 0 fully saturated rings. The lowest BCUT2D eigenvalue weighted by molar-refractivity contribution is -0.138. The van der Waals surface area contributed by atoms with Crippen LogP contribution in [0, 0.1) is 5.41 Å². The van der Waals surface area contributed by atoms with E-state index < -0.39 is 12.0 Å². The summed E-state index contributed by atoms with van der Waals surface area (Å²) in [6.45, 7) is 4.47. The van der Waals surface area contributed by atoms with Crippen LogP contribution in [0.15, 0.2) is 89.4 Å². The van der Waals surface area contributed by atoms with Crippen LogP contribution in [-0.2, 0) is 16.0 Å². The maximum atomic E-state index is 13.6. The number of ketones is 1. The summed E-state index contributed by atoms with van der Waals surface area (Å²) >= 11 is 0. The van der Waals surface area contributed by atoms with Crippen molar-refractivity contribution in [3.63, 3.8) is 0 Å². The molecule has 0 heterocycles. The highest BCUT2D eigenvalue weighted by molar-refractivity contribution is 6.54. The van der Waals surface area contributed by atoms with E-state index in [1.54, 1.807) is 0 Å². The van der Waals surface area contributed by atoms with Crippen LogP contribution in [0.25, 0.3) is 16.7 Å². The van der Waals surface area contributed by atoms with Gasteiger partial charge >= 0.3 is 5.97 Å². The zero-order valence-electron chi connectivity index (χ0n) is 20.1. The minimum Gasteiger partial charge on any atom is -0.480 e. The van der Waals surface area contributed by atoms with Gasteiger partial charge in [0.1, 0.15) is 5.71 Å². The number of allylic oxidation sites excluding steroid dienone is 2. The van der Waals surface area contributed by atoms with Crippen molar-refractivity contribution in [3.05, 3.63) is 101 Å². The number of carboxylic acid groups (broad SMARTS) is 1. The Morgan fingerprint density at radius 2 is 1.51 bits per heavy atom. The first-order valence-electron chi connectivity index (χ1n) is 12.1. The molecule has 0 amide bonds. The van der Waals surface area contributed by atoms with Gasteiger partial charge < -0.3 is 5.11 Å². The third-order valence-corrected chi connectivity index (χ3v) is 7.13. The molecule has 3 aromatic rings. The van der Waals surface area contributed by atoms with Crippen molar-refractivity contribution in [1.82, 2.24) is 0 Å². The number of benzene rings is 3. The minimum absolute atomic E-state index is 0.111. The molecule has 1 N–H and O–H groups in total. The average molecular weight is 464 g/mol. The second kappa shape index (κ2) is 9.10. The predicted molar refractivity (Wildman–Crippen MR) is 140 cm³/mol. The molecule has 2 aliphatic carbocycles. The number of Topliss-reactive ketones (excluding diaryl/α,β-unsaturated/α-hetero) is 1. The fraction of sp³-hybridized carbons (Fsp3) is 0.258. The summed E-state index contributed by atoms with van der Waals surface area (Å²) in [5.41, 5.74) is 7.15. The van der Waals surface area contributed by atoms with Gasteiger partial charge in [0.15, 0.2) is 6.04 Å². The third kappa shape index (κ3) is 4.61. The number of carbonyl (C=O) groups is 2. The van der Waals surface area contributed by atoms with Crippen LogP contribution in [-0.4, -0.2) is 28.6 Å². The Labute approximate surface area is 206 Å². The minimum atomic E-state index is -1.04. The average Bonchev–Trinajstić information content (AvgIpc) is 2.86. The number of fused-ring (bicyclic) bond motifs is 2. The Morgan fingerprint density at radius 3 is 2.20 bits per heavy atom. The molecule has 1 atom stereocenters. The molecule has 0 spiro atoms. The Balaban J connectivity index is 1.48. The number of nitrogens with zero attached hydrogens (tertiary/aromatic N) is 1. The Kier molecular flexibility index (Phi) is 5.98. The fourth-order valence-electron chi connectivity index (χ4n) is 5.17. The Bertz CT molecular complexity index is 1350. The largest absolute Gasteiger partial charge is 0.480 e. The van der Waals surface area contributed by atoms with Gasteiger partial charge in [-0.15, -0.1) is 0 Å². The highest BCUT2D eigenvalue weighted by atomic mass is 16.4. The van der Waals surface area contributed by atoms with E-state index in [1.165, 1.54) is 0 Å². The van der Waals surface area contributed by atoms with Crippen LogP contribution in [0.3, 0.4) is 0 Å². The number of carboxylic acids is 1. The maximum absolute atomic E-state index is 13.6. The lowest BCUT2D eigenvalue weighted by Gasteiger charge is -2.36. The molecule has 0 saturated heterocycles. The lowest BCUT2D eigenvalue weighted by atomic mass is 9.68. The highest BCUT2D eigenvalue weighted by Gasteiger charge is 2.37. The summed E-state index contributed by atoms with van der Waals surface area (Å²) in [5.74, 6) is -1.14. The molecular weight excluding hydrogens is 434 g/mol. The van der Waals surface area contributed by atoms with Crippen molar-refractivity contribution in [2.45, 2.75) is 45.6 Å². The molecule has 0 bridgehead atoms. The first-order chi connectivity index (χ1) is 16.8. The van der Waals surface area contributed by atoms with Crippen LogP contribution in [0.2, 0.25) is 0 Å². The number of carbonyl (C=O) groups excluding carboxylic acids is 1. The van der Waals surface area contributed by atoms with Gasteiger partial charge in [0.05, 0.1) is 0 Å². The number of rotatable bonds is 5. The van der Waals surface area contributed by atoms with Gasteiger partial charge in [-0.1, -0.05) is 92.7 Å². The fourth-order valence-corrected chi connectivity index (χ4v) is 5.17. The summed E-state index contributed by atoms with van der Waals surface area (Å²) < 4.78 is 0. The van der Waals surface area contributed by atoms with Crippen LogP contribution in [0.1, 0.15) is 49.8 Å². The van der Waals surface area contributed by atoms with E-state index in [2.05, 4.69) is 18.8 Å². The highest BCUT2D eigenvalue weighted by Crippen LogP contribution is 2.46. The molecular formula is C31H29NO3. The number of hydrogen-bond donors (Lipinski definition) is 1. The van der Waals surface area contributed by atoms with Gasteiger partial charge in [0, 0.05) is 17.6 Å². The first-order valence-corrected chi connectivity index (χ1v) is 12.1. The molecule has 3 aromatic carbocycles. The molecule has 4 nitrogen and oxygen atoms in total. The molecule has 0 saturated carbocycles. The molecule has 0 unspecified atom stereocenters. The van der Waals surface area contributed by atoms with Crippen molar-refractivity contribution in [1.29, 1.82) is 0 Å². The third-order valence-electron chi connectivity index (χ3n) is 7.13. The Morgan fingerprint density at radius 1 is 0.886 bits per heavy atom. The number of hydrogen-bond acceptors (Lipinski definition) is 3. The smallest absolute Gasteiger partial charge is 0.328 e. The van der Waals surface area contributed by atoms with Crippen LogP contribution in [0.5, 0.6) is 0 Å². The predicted octanol–water partition coefficient (Wildman–Crippen LogP) is 6.39. The van der Waals surface area contributed by atoms with Gasteiger partial charge in [-0.25, -0.2) is 4.79 Å². The summed E-state index contributed by atoms with van der Waals surface area (Å²) in [7, 11) is 0. The van der Waals surface area contributed by atoms with E-state index in [0.29, 0.717) is 6.42 Å². The van der Waals surface area contributed by atoms with Gasteiger partial charge in [-0.3, -0.25) is 9.79 Å². The topological polar surface area (TPSA) is 66.7 Å². The van der Waals surface area contributed by atoms with E-state index in [9.17, 15) is 14.7 Å². The zero-order valence-corrected chi connectivity index (χ0v) is 20.1. The maximum Gasteiger partial charge on any atom is 0.328 e. The van der Waals surface area contributed by atoms with Crippen molar-refractivity contribution < 1.29 is 14.7 Å². The molecule has 4 heteroatoms. The van der Waals surface area contributed by atoms with Gasteiger partial charge in [-0.2, -0.15) is 0 Å². The molecule has 2 aliphatic rings. The Hall–Kier alpha value is -3.79. The monoisotopic (exact) mass is 463 g/mol. The standard InChI is InChI=1S/C31H29NO3/c1-31(2)17-16-25-26(19-31)23-10-6-7-11-24(23)28(29(25)33)32-27(30(34)35)18-20-12-14-22(15-13-20)21-8-4-3-5-9-21/h3-15,27H,16-19H2,1-2H3,(H,34,35)/b32-28-/t27-/m0/s1. The summed E-state index contributed by atoms with van der Waals surface area (Å²) in [5, 5.41) is 10.0. The molecule has 176 valence electrons. The molecule has 35 heavy (non-hydrogen) atoms. The molecule has 0 aromatic heterocycles. The van der Waals surface area contributed by atoms with Gasteiger partial charge in [-0.05, 0) is 52.5 Å². The quantitative estimate of drug-likeness (QED) is 0.477. The van der Waals surface area contributed by atoms with Crippen molar-refractivity contribution in [3.8, 4) is 11.1 Å². The lowest BCUT2D eigenvalue weighted by Crippen LogP contribution is -2.32. The van der Waals surface area contributed by atoms with E-state index in [1.807, 2.05) is 78.9 Å². The van der Waals surface area contributed by atoms with Gasteiger partial charge in [0.25, 0.3) is 0 Å². The molecule has 5 rings (SSSR count). The van der Waals surface area contributed by atoms with Crippen LogP contribution >= 0.6 is 0 Å². The van der Waals surface area contributed by atoms with Crippen molar-refractivity contribution >= 4 is 23.0 Å². The normalized spacial score (nSPS) is 18.7. The van der Waals surface area contributed by atoms with Crippen molar-refractivity contribution in [2.75, 3.05) is 0 Å². The van der Waals surface area contributed by atoms with E-state index in [0.717, 1.165) is 51.8 Å². The summed E-state index contributed by atoms with van der Waals surface area (Å²) in [6, 6.07) is 24.7. The van der Waals surface area contributed by atoms with Crippen molar-refractivity contribution in [2.24, 2.45) is 10.4 Å². The van der Waals surface area contributed by atoms with Gasteiger partial charge in [0.2, 0.25) is 5.78 Å². The van der Waals surface area contributed by atoms with Crippen LogP contribution in [0.4, 0.5) is 0 Å². The second-order valence-corrected chi connectivity index (χ2v) is 10.3. The van der Waals surface area contributed by atoms with E-state index in [-0.39, 0.29) is 23.3 Å². The zero-order chi connectivity index (χ0) is 24.6. The molecule has 0 radical (unpaired) electrons. The first kappa shape index (κ1) is 23.0. The second-order valence-electron chi connectivity index (χ2n) is 10.3. The number of aliphatic imine (C=N–C) groups is 1. The summed E-state index contributed by atoms with van der Waals surface area (Å²) in [4.78, 5) is 30.4. The van der Waals surface area contributed by atoms with E-state index in [4.69, 9.17) is 0 Å².